The van der Waals surface area contributed by atoms with Crippen LogP contribution in [0.15, 0.2) is 0 Å². The van der Waals surface area contributed by atoms with Gasteiger partial charge in [0, 0.05) is 30.3 Å². The van der Waals surface area contributed by atoms with E-state index in [1.165, 1.54) is 25.7 Å². The van der Waals surface area contributed by atoms with Crippen molar-refractivity contribution >= 4 is 17.7 Å². The van der Waals surface area contributed by atoms with Crippen molar-refractivity contribution in [3.05, 3.63) is 0 Å². The van der Waals surface area contributed by atoms with Crippen LogP contribution >= 0.6 is 11.8 Å². The Morgan fingerprint density at radius 3 is 2.82 bits per heavy atom. The summed E-state index contributed by atoms with van der Waals surface area (Å²) in [6.07, 6.45) is 7.99. The first-order chi connectivity index (χ1) is 8.11. The minimum atomic E-state index is 0.157. The zero-order valence-corrected chi connectivity index (χ0v) is 12.1. The molecule has 2 atom stereocenters. The Kier molecular flexibility index (Phi) is 6.97. The van der Waals surface area contributed by atoms with Crippen LogP contribution in [0.25, 0.3) is 0 Å². The molecular formula is C13H26N2OS. The number of hydrogen-bond acceptors (Lipinski definition) is 3. The van der Waals surface area contributed by atoms with Crippen LogP contribution < -0.4 is 10.6 Å². The molecule has 0 bridgehead atoms. The Morgan fingerprint density at radius 2 is 2.18 bits per heavy atom. The first-order valence-corrected chi connectivity index (χ1v) is 7.96. The van der Waals surface area contributed by atoms with Crippen molar-refractivity contribution in [3.8, 4) is 0 Å². The van der Waals surface area contributed by atoms with Crippen molar-refractivity contribution in [2.24, 2.45) is 0 Å². The van der Waals surface area contributed by atoms with E-state index in [2.05, 4.69) is 16.9 Å². The molecule has 0 spiro atoms. The highest BCUT2D eigenvalue weighted by Crippen LogP contribution is 2.26. The molecule has 1 amide bonds. The van der Waals surface area contributed by atoms with E-state index in [9.17, 15) is 4.79 Å². The topological polar surface area (TPSA) is 41.1 Å². The Hall–Kier alpha value is -0.220. The fourth-order valence-electron chi connectivity index (χ4n) is 2.33. The summed E-state index contributed by atoms with van der Waals surface area (Å²) in [4.78, 5) is 11.5. The lowest BCUT2D eigenvalue weighted by Crippen LogP contribution is -2.38. The molecule has 2 N–H and O–H groups in total. The van der Waals surface area contributed by atoms with Crippen molar-refractivity contribution in [2.75, 3.05) is 12.8 Å². The molecule has 1 fully saturated rings. The standard InChI is InChI=1S/C13H26N2OS/c1-10(2)15-13(16)7-8-14-11-5-4-6-12(9-11)17-3/h10-12,14H,4-9H2,1-3H3,(H,15,16). The molecule has 1 rings (SSSR count). The molecule has 100 valence electrons. The van der Waals surface area contributed by atoms with Crippen LogP contribution in [0.2, 0.25) is 0 Å². The Labute approximate surface area is 109 Å². The Morgan fingerprint density at radius 1 is 1.41 bits per heavy atom. The van der Waals surface area contributed by atoms with Gasteiger partial charge in [0.1, 0.15) is 0 Å². The summed E-state index contributed by atoms with van der Waals surface area (Å²) in [5.74, 6) is 0.157. The van der Waals surface area contributed by atoms with Gasteiger partial charge >= 0.3 is 0 Å². The third-order valence-corrected chi connectivity index (χ3v) is 4.29. The molecule has 4 heteroatoms. The molecule has 1 aliphatic rings. The van der Waals surface area contributed by atoms with Crippen LogP contribution in [0, 0.1) is 0 Å². The second kappa shape index (κ2) is 7.98. The van der Waals surface area contributed by atoms with Gasteiger partial charge in [0.15, 0.2) is 0 Å². The van der Waals surface area contributed by atoms with Gasteiger partial charge in [-0.3, -0.25) is 4.79 Å². The first kappa shape index (κ1) is 14.8. The van der Waals surface area contributed by atoms with Crippen molar-refractivity contribution in [2.45, 2.75) is 63.3 Å². The van der Waals surface area contributed by atoms with Crippen LogP contribution in [0.4, 0.5) is 0 Å². The summed E-state index contributed by atoms with van der Waals surface area (Å²) >= 11 is 1.98. The molecule has 2 unspecified atom stereocenters. The van der Waals surface area contributed by atoms with E-state index in [4.69, 9.17) is 0 Å². The van der Waals surface area contributed by atoms with E-state index in [1.54, 1.807) is 0 Å². The van der Waals surface area contributed by atoms with E-state index >= 15 is 0 Å². The molecule has 1 aliphatic carbocycles. The maximum atomic E-state index is 11.5. The molecule has 0 heterocycles. The molecule has 0 radical (unpaired) electrons. The number of amides is 1. The molecule has 0 aliphatic heterocycles. The van der Waals surface area contributed by atoms with Gasteiger partial charge in [-0.1, -0.05) is 6.42 Å². The third kappa shape index (κ3) is 6.32. The zero-order valence-electron chi connectivity index (χ0n) is 11.3. The molecule has 0 aromatic rings. The summed E-state index contributed by atoms with van der Waals surface area (Å²) < 4.78 is 0. The Balaban J connectivity index is 2.11. The number of rotatable bonds is 6. The van der Waals surface area contributed by atoms with E-state index in [-0.39, 0.29) is 11.9 Å². The van der Waals surface area contributed by atoms with Gasteiger partial charge in [-0.15, -0.1) is 0 Å². The van der Waals surface area contributed by atoms with E-state index in [0.717, 1.165) is 11.8 Å². The van der Waals surface area contributed by atoms with Crippen LogP contribution in [-0.4, -0.2) is 36.0 Å². The normalized spacial score (nSPS) is 24.9. The minimum absolute atomic E-state index is 0.157. The quantitative estimate of drug-likeness (QED) is 0.767. The van der Waals surface area contributed by atoms with Crippen LogP contribution in [0.1, 0.15) is 46.0 Å². The summed E-state index contributed by atoms with van der Waals surface area (Å²) in [6.45, 7) is 4.80. The number of hydrogen-bond donors (Lipinski definition) is 2. The largest absolute Gasteiger partial charge is 0.354 e. The fourth-order valence-corrected chi connectivity index (χ4v) is 3.16. The predicted molar refractivity (Wildman–Crippen MR) is 75.5 cm³/mol. The molecule has 17 heavy (non-hydrogen) atoms. The first-order valence-electron chi connectivity index (χ1n) is 6.67. The molecule has 3 nitrogen and oxygen atoms in total. The highest BCUT2D eigenvalue weighted by molar-refractivity contribution is 7.99. The summed E-state index contributed by atoms with van der Waals surface area (Å²) in [7, 11) is 0. The van der Waals surface area contributed by atoms with Gasteiger partial charge in [-0.05, 0) is 39.4 Å². The van der Waals surface area contributed by atoms with Crippen molar-refractivity contribution in [1.29, 1.82) is 0 Å². The van der Waals surface area contributed by atoms with E-state index < -0.39 is 0 Å². The molecule has 0 saturated heterocycles. The van der Waals surface area contributed by atoms with Crippen LogP contribution in [0.5, 0.6) is 0 Å². The SMILES string of the molecule is CSC1CCCC(NCCC(=O)NC(C)C)C1. The van der Waals surface area contributed by atoms with Gasteiger partial charge < -0.3 is 10.6 Å². The van der Waals surface area contributed by atoms with Crippen molar-refractivity contribution in [3.63, 3.8) is 0 Å². The van der Waals surface area contributed by atoms with Gasteiger partial charge in [0.05, 0.1) is 0 Å². The number of thioether (sulfide) groups is 1. The highest BCUT2D eigenvalue weighted by Gasteiger charge is 2.20. The molecular weight excluding hydrogens is 232 g/mol. The smallest absolute Gasteiger partial charge is 0.221 e. The molecule has 1 saturated carbocycles. The number of carbonyl (C=O) groups is 1. The van der Waals surface area contributed by atoms with Crippen molar-refractivity contribution < 1.29 is 4.79 Å². The Bertz CT molecular complexity index is 233. The van der Waals surface area contributed by atoms with Crippen LogP contribution in [0.3, 0.4) is 0 Å². The zero-order chi connectivity index (χ0) is 12.7. The lowest BCUT2D eigenvalue weighted by molar-refractivity contribution is -0.121. The molecule has 0 aromatic carbocycles. The fraction of sp³-hybridized carbons (Fsp3) is 0.923. The van der Waals surface area contributed by atoms with E-state index in [1.807, 2.05) is 25.6 Å². The average Bonchev–Trinajstić information content (AvgIpc) is 2.28. The monoisotopic (exact) mass is 258 g/mol. The number of nitrogens with one attached hydrogen (secondary N) is 2. The third-order valence-electron chi connectivity index (χ3n) is 3.19. The van der Waals surface area contributed by atoms with E-state index in [0.29, 0.717) is 12.5 Å². The number of carbonyl (C=O) groups excluding carboxylic acids is 1. The van der Waals surface area contributed by atoms with Crippen molar-refractivity contribution in [1.82, 2.24) is 10.6 Å². The average molecular weight is 258 g/mol. The summed E-state index contributed by atoms with van der Waals surface area (Å²) in [5, 5.41) is 7.24. The second-order valence-corrected chi connectivity index (χ2v) is 6.29. The predicted octanol–water partition coefficient (Wildman–Crippen LogP) is 2.16. The van der Waals surface area contributed by atoms with Gasteiger partial charge in [-0.2, -0.15) is 11.8 Å². The maximum absolute atomic E-state index is 11.5. The van der Waals surface area contributed by atoms with Gasteiger partial charge in [0.2, 0.25) is 5.91 Å². The minimum Gasteiger partial charge on any atom is -0.354 e. The lowest BCUT2D eigenvalue weighted by atomic mass is 9.95. The highest BCUT2D eigenvalue weighted by atomic mass is 32.2. The van der Waals surface area contributed by atoms with Gasteiger partial charge in [0.25, 0.3) is 0 Å². The summed E-state index contributed by atoms with van der Waals surface area (Å²) in [5.41, 5.74) is 0. The second-order valence-electron chi connectivity index (χ2n) is 5.15. The summed E-state index contributed by atoms with van der Waals surface area (Å²) in [6, 6.07) is 0.867. The van der Waals surface area contributed by atoms with Crippen LogP contribution in [-0.2, 0) is 4.79 Å². The molecule has 0 aromatic heterocycles. The lowest BCUT2D eigenvalue weighted by Gasteiger charge is -2.28. The maximum Gasteiger partial charge on any atom is 0.221 e. The van der Waals surface area contributed by atoms with Gasteiger partial charge in [-0.25, -0.2) is 0 Å².